The zero-order valence-electron chi connectivity index (χ0n) is 16.9. The van der Waals surface area contributed by atoms with Crippen molar-refractivity contribution in [1.82, 2.24) is 10.2 Å². The number of aromatic nitrogens is 2. The van der Waals surface area contributed by atoms with Crippen molar-refractivity contribution in [3.05, 3.63) is 75.8 Å². The number of nitrogens with zero attached hydrogens (tertiary/aromatic N) is 4. The molecule has 0 unspecified atom stereocenters. The van der Waals surface area contributed by atoms with Crippen LogP contribution in [0.4, 0.5) is 17.2 Å². The van der Waals surface area contributed by atoms with Crippen LogP contribution in [0, 0.1) is 17.0 Å². The lowest BCUT2D eigenvalue weighted by Gasteiger charge is -2.27. The van der Waals surface area contributed by atoms with Gasteiger partial charge < -0.3 is 15.0 Å². The first kappa shape index (κ1) is 20.4. The summed E-state index contributed by atoms with van der Waals surface area (Å²) in [6, 6.07) is 15.5. The number of carbonyl (C=O) groups excluding carboxylic acids is 1. The molecule has 0 aliphatic carbocycles. The number of morpholine rings is 1. The number of nitrogens with one attached hydrogen (secondary N) is 1. The van der Waals surface area contributed by atoms with E-state index in [0.717, 1.165) is 30.2 Å². The summed E-state index contributed by atoms with van der Waals surface area (Å²) >= 11 is 0. The monoisotopic (exact) mass is 419 g/mol. The lowest BCUT2D eigenvalue weighted by atomic mass is 10.1. The Labute approximate surface area is 178 Å². The number of nitro benzene ring substituents is 1. The molecule has 1 fully saturated rings. The molecule has 1 aliphatic heterocycles. The van der Waals surface area contributed by atoms with E-state index in [0.29, 0.717) is 24.5 Å². The van der Waals surface area contributed by atoms with E-state index in [-0.39, 0.29) is 11.3 Å². The van der Waals surface area contributed by atoms with Crippen molar-refractivity contribution >= 4 is 23.1 Å². The molecule has 9 nitrogen and oxygen atoms in total. The van der Waals surface area contributed by atoms with Crippen LogP contribution < -0.4 is 10.2 Å². The second-order valence-electron chi connectivity index (χ2n) is 7.11. The van der Waals surface area contributed by atoms with E-state index in [1.54, 1.807) is 25.1 Å². The smallest absolute Gasteiger partial charge is 0.273 e. The Morgan fingerprint density at radius 3 is 2.45 bits per heavy atom. The molecular weight excluding hydrogens is 398 g/mol. The Bertz CT molecular complexity index is 1090. The number of amides is 1. The van der Waals surface area contributed by atoms with Gasteiger partial charge in [0.15, 0.2) is 5.82 Å². The van der Waals surface area contributed by atoms with Gasteiger partial charge in [0.05, 0.1) is 23.8 Å². The first-order valence-corrected chi connectivity index (χ1v) is 9.85. The van der Waals surface area contributed by atoms with Gasteiger partial charge in [0, 0.05) is 41.5 Å². The fourth-order valence-corrected chi connectivity index (χ4v) is 3.43. The molecule has 158 valence electrons. The summed E-state index contributed by atoms with van der Waals surface area (Å²) in [5.74, 6) is 0.423. The van der Waals surface area contributed by atoms with Gasteiger partial charge in [-0.1, -0.05) is 18.2 Å². The molecule has 1 N–H and O–H groups in total. The summed E-state index contributed by atoms with van der Waals surface area (Å²) < 4.78 is 5.35. The van der Waals surface area contributed by atoms with Gasteiger partial charge in [-0.3, -0.25) is 14.9 Å². The van der Waals surface area contributed by atoms with E-state index < -0.39 is 10.8 Å². The Balaban J connectivity index is 1.45. The van der Waals surface area contributed by atoms with E-state index in [1.807, 2.05) is 24.3 Å². The second kappa shape index (κ2) is 8.88. The topological polar surface area (TPSA) is 110 Å². The van der Waals surface area contributed by atoms with Crippen molar-refractivity contribution in [2.75, 3.05) is 36.5 Å². The standard InChI is InChI=1S/C22H21N5O4/c1-15-18(3-2-4-20(15)27(29)30)22(28)23-17-7-5-16(6-8-17)19-9-10-21(25-24-19)26-11-13-31-14-12-26/h2-10H,11-14H2,1H3,(H,23,28). The molecule has 31 heavy (non-hydrogen) atoms. The van der Waals surface area contributed by atoms with Crippen LogP contribution in [0.3, 0.4) is 0 Å². The molecule has 3 aromatic rings. The third kappa shape index (κ3) is 4.51. The molecule has 2 aromatic carbocycles. The summed E-state index contributed by atoms with van der Waals surface area (Å²) in [5.41, 5.74) is 2.69. The largest absolute Gasteiger partial charge is 0.378 e. The van der Waals surface area contributed by atoms with Gasteiger partial charge in [-0.05, 0) is 37.3 Å². The normalized spacial score (nSPS) is 13.6. The molecule has 1 amide bonds. The van der Waals surface area contributed by atoms with Crippen molar-refractivity contribution in [2.45, 2.75) is 6.92 Å². The van der Waals surface area contributed by atoms with Crippen LogP contribution in [0.5, 0.6) is 0 Å². The van der Waals surface area contributed by atoms with Crippen molar-refractivity contribution in [1.29, 1.82) is 0 Å². The number of benzene rings is 2. The van der Waals surface area contributed by atoms with Gasteiger partial charge in [0.25, 0.3) is 11.6 Å². The fraction of sp³-hybridized carbons (Fsp3) is 0.227. The third-order valence-electron chi connectivity index (χ3n) is 5.17. The molecule has 4 rings (SSSR count). The Kier molecular flexibility index (Phi) is 5.85. The fourth-order valence-electron chi connectivity index (χ4n) is 3.43. The summed E-state index contributed by atoms with van der Waals surface area (Å²) in [6.45, 7) is 4.53. The number of hydrogen-bond donors (Lipinski definition) is 1. The van der Waals surface area contributed by atoms with Gasteiger partial charge >= 0.3 is 0 Å². The summed E-state index contributed by atoms with van der Waals surface area (Å²) in [5, 5.41) is 22.5. The number of nitro groups is 1. The second-order valence-corrected chi connectivity index (χ2v) is 7.11. The summed E-state index contributed by atoms with van der Waals surface area (Å²) in [6.07, 6.45) is 0. The zero-order valence-corrected chi connectivity index (χ0v) is 16.9. The minimum Gasteiger partial charge on any atom is -0.378 e. The molecule has 1 aromatic heterocycles. The van der Waals surface area contributed by atoms with Crippen molar-refractivity contribution in [2.24, 2.45) is 0 Å². The maximum absolute atomic E-state index is 12.6. The van der Waals surface area contributed by atoms with Crippen LogP contribution in [0.25, 0.3) is 11.3 Å². The molecule has 0 atom stereocenters. The highest BCUT2D eigenvalue weighted by Gasteiger charge is 2.18. The van der Waals surface area contributed by atoms with Crippen molar-refractivity contribution < 1.29 is 14.5 Å². The first-order valence-electron chi connectivity index (χ1n) is 9.85. The minimum absolute atomic E-state index is 0.0814. The van der Waals surface area contributed by atoms with Gasteiger partial charge in [-0.2, -0.15) is 0 Å². The van der Waals surface area contributed by atoms with Gasteiger partial charge in [-0.15, -0.1) is 10.2 Å². The third-order valence-corrected chi connectivity index (χ3v) is 5.17. The Morgan fingerprint density at radius 1 is 1.06 bits per heavy atom. The number of anilines is 2. The van der Waals surface area contributed by atoms with Crippen LogP contribution in [0.2, 0.25) is 0 Å². The molecule has 0 saturated carbocycles. The van der Waals surface area contributed by atoms with E-state index in [2.05, 4.69) is 20.4 Å². The SMILES string of the molecule is Cc1c(C(=O)Nc2ccc(-c3ccc(N4CCOCC4)nn3)cc2)cccc1[N+](=O)[O-]. The van der Waals surface area contributed by atoms with Crippen LogP contribution >= 0.6 is 0 Å². The minimum atomic E-state index is -0.494. The quantitative estimate of drug-likeness (QED) is 0.498. The van der Waals surface area contributed by atoms with E-state index >= 15 is 0 Å². The van der Waals surface area contributed by atoms with Crippen LogP contribution in [0.1, 0.15) is 15.9 Å². The molecule has 0 bridgehead atoms. The predicted octanol–water partition coefficient (Wildman–Crippen LogP) is 3.45. The number of rotatable bonds is 5. The summed E-state index contributed by atoms with van der Waals surface area (Å²) in [4.78, 5) is 25.3. The van der Waals surface area contributed by atoms with Crippen molar-refractivity contribution in [3.8, 4) is 11.3 Å². The first-order chi connectivity index (χ1) is 15.0. The predicted molar refractivity (Wildman–Crippen MR) is 116 cm³/mol. The number of carbonyl (C=O) groups is 1. The van der Waals surface area contributed by atoms with E-state index in [9.17, 15) is 14.9 Å². The Hall–Kier alpha value is -3.85. The zero-order chi connectivity index (χ0) is 21.8. The highest BCUT2D eigenvalue weighted by Crippen LogP contribution is 2.24. The molecule has 0 spiro atoms. The average molecular weight is 419 g/mol. The van der Waals surface area contributed by atoms with Gasteiger partial charge in [0.2, 0.25) is 0 Å². The van der Waals surface area contributed by atoms with E-state index in [4.69, 9.17) is 4.74 Å². The number of hydrogen-bond acceptors (Lipinski definition) is 7. The van der Waals surface area contributed by atoms with E-state index in [1.165, 1.54) is 12.1 Å². The van der Waals surface area contributed by atoms with Crippen LogP contribution in [-0.2, 0) is 4.74 Å². The number of ether oxygens (including phenoxy) is 1. The van der Waals surface area contributed by atoms with Crippen LogP contribution in [0.15, 0.2) is 54.6 Å². The maximum atomic E-state index is 12.6. The average Bonchev–Trinajstić information content (AvgIpc) is 2.80. The highest BCUT2D eigenvalue weighted by molar-refractivity contribution is 6.05. The van der Waals surface area contributed by atoms with Crippen LogP contribution in [-0.4, -0.2) is 47.3 Å². The lowest BCUT2D eigenvalue weighted by Crippen LogP contribution is -2.36. The molecule has 2 heterocycles. The van der Waals surface area contributed by atoms with Gasteiger partial charge in [-0.25, -0.2) is 0 Å². The molecular formula is C22H21N5O4. The molecule has 1 saturated heterocycles. The molecule has 0 radical (unpaired) electrons. The lowest BCUT2D eigenvalue weighted by molar-refractivity contribution is -0.385. The molecule has 1 aliphatic rings. The molecule has 9 heteroatoms. The maximum Gasteiger partial charge on any atom is 0.273 e. The highest BCUT2D eigenvalue weighted by atomic mass is 16.6. The van der Waals surface area contributed by atoms with Crippen molar-refractivity contribution in [3.63, 3.8) is 0 Å². The summed E-state index contributed by atoms with van der Waals surface area (Å²) in [7, 11) is 0. The Morgan fingerprint density at radius 2 is 1.81 bits per heavy atom. The van der Waals surface area contributed by atoms with Gasteiger partial charge in [0.1, 0.15) is 0 Å².